The average Bonchev–Trinajstić information content (AvgIpc) is 2.78. The maximum Gasteiger partial charge on any atom is 0.157 e. The Morgan fingerprint density at radius 1 is 1.27 bits per heavy atom. The van der Waals surface area contributed by atoms with E-state index in [0.29, 0.717) is 0 Å². The summed E-state index contributed by atoms with van der Waals surface area (Å²) in [6.45, 7) is 2.25. The molecule has 0 heterocycles. The highest BCUT2D eigenvalue weighted by Crippen LogP contribution is 2.44. The van der Waals surface area contributed by atoms with Gasteiger partial charge in [0.05, 0.1) is 0 Å². The van der Waals surface area contributed by atoms with Crippen molar-refractivity contribution in [3.63, 3.8) is 0 Å². The van der Waals surface area contributed by atoms with Gasteiger partial charge in [0.25, 0.3) is 0 Å². The molecule has 1 aliphatic rings. The Morgan fingerprint density at radius 2 is 1.91 bits per heavy atom. The Morgan fingerprint density at radius 3 is 2.27 bits per heavy atom. The van der Waals surface area contributed by atoms with Crippen LogP contribution >= 0.6 is 0 Å². The van der Waals surface area contributed by atoms with E-state index in [4.69, 9.17) is 9.47 Å². The van der Waals surface area contributed by atoms with Gasteiger partial charge in [-0.1, -0.05) is 13.3 Å². The molecule has 2 nitrogen and oxygen atoms in total. The third kappa shape index (κ3) is 2.46. The normalized spacial score (nSPS) is 29.5. The van der Waals surface area contributed by atoms with Crippen LogP contribution in [0.15, 0.2) is 0 Å². The average molecular weight is 158 g/mol. The molecule has 2 atom stereocenters. The molecule has 1 rings (SSSR count). The fourth-order valence-corrected chi connectivity index (χ4v) is 1.63. The summed E-state index contributed by atoms with van der Waals surface area (Å²) in [5, 5.41) is 0. The molecule has 2 unspecified atom stereocenters. The molecule has 0 radical (unpaired) electrons. The van der Waals surface area contributed by atoms with Crippen LogP contribution in [0, 0.1) is 11.8 Å². The predicted octanol–water partition coefficient (Wildman–Crippen LogP) is 2.04. The lowest BCUT2D eigenvalue weighted by Crippen LogP contribution is -2.13. The molecule has 0 amide bonds. The van der Waals surface area contributed by atoms with E-state index >= 15 is 0 Å². The molecular weight excluding hydrogens is 140 g/mol. The summed E-state index contributed by atoms with van der Waals surface area (Å²) < 4.78 is 10.2. The lowest BCUT2D eigenvalue weighted by Gasteiger charge is -2.12. The fourth-order valence-electron chi connectivity index (χ4n) is 1.63. The first-order valence-corrected chi connectivity index (χ1v) is 4.37. The molecule has 2 heteroatoms. The number of hydrogen-bond donors (Lipinski definition) is 0. The number of ether oxygens (including phenoxy) is 2. The Balaban J connectivity index is 2.11. The van der Waals surface area contributed by atoms with Crippen molar-refractivity contribution in [1.82, 2.24) is 0 Å². The molecule has 0 aromatic heterocycles. The van der Waals surface area contributed by atoms with Gasteiger partial charge in [-0.25, -0.2) is 0 Å². The maximum atomic E-state index is 5.12. The smallest absolute Gasteiger partial charge is 0.157 e. The molecule has 1 fully saturated rings. The minimum atomic E-state index is 0.0246. The van der Waals surface area contributed by atoms with Crippen LogP contribution in [0.1, 0.15) is 26.2 Å². The van der Waals surface area contributed by atoms with E-state index in [2.05, 4.69) is 6.92 Å². The van der Waals surface area contributed by atoms with E-state index in [1.54, 1.807) is 14.2 Å². The Bertz CT molecular complexity index is 110. The van der Waals surface area contributed by atoms with Crippen molar-refractivity contribution in [2.75, 3.05) is 14.2 Å². The van der Waals surface area contributed by atoms with Crippen molar-refractivity contribution in [1.29, 1.82) is 0 Å². The summed E-state index contributed by atoms with van der Waals surface area (Å²) in [5.74, 6) is 1.81. The minimum Gasteiger partial charge on any atom is -0.356 e. The van der Waals surface area contributed by atoms with Gasteiger partial charge in [-0.05, 0) is 18.3 Å². The van der Waals surface area contributed by atoms with Crippen molar-refractivity contribution in [3.05, 3.63) is 0 Å². The first kappa shape index (κ1) is 9.01. The lowest BCUT2D eigenvalue weighted by atomic mass is 10.2. The van der Waals surface area contributed by atoms with E-state index in [1.165, 1.54) is 12.8 Å². The zero-order chi connectivity index (χ0) is 8.27. The first-order chi connectivity index (χ1) is 5.31. The molecule has 0 saturated heterocycles. The van der Waals surface area contributed by atoms with Crippen molar-refractivity contribution in [2.45, 2.75) is 32.5 Å². The largest absolute Gasteiger partial charge is 0.356 e. The number of rotatable bonds is 5. The molecule has 1 saturated carbocycles. The number of methoxy groups -OCH3 is 2. The first-order valence-electron chi connectivity index (χ1n) is 4.37. The molecule has 11 heavy (non-hydrogen) atoms. The predicted molar refractivity (Wildman–Crippen MR) is 44.3 cm³/mol. The van der Waals surface area contributed by atoms with Crippen LogP contribution in [-0.2, 0) is 9.47 Å². The van der Waals surface area contributed by atoms with Gasteiger partial charge >= 0.3 is 0 Å². The van der Waals surface area contributed by atoms with E-state index in [9.17, 15) is 0 Å². The standard InChI is InChI=1S/C9H18O2/c1-4-7-5-8(7)6-9(10-2)11-3/h7-9H,4-6H2,1-3H3. The highest BCUT2D eigenvalue weighted by molar-refractivity contribution is 4.85. The van der Waals surface area contributed by atoms with E-state index in [1.807, 2.05) is 0 Å². The van der Waals surface area contributed by atoms with Crippen molar-refractivity contribution >= 4 is 0 Å². The molecule has 1 aliphatic carbocycles. The van der Waals surface area contributed by atoms with Gasteiger partial charge in [0.2, 0.25) is 0 Å². The van der Waals surface area contributed by atoms with Gasteiger partial charge in [-0.3, -0.25) is 0 Å². The summed E-state index contributed by atoms with van der Waals surface area (Å²) in [7, 11) is 3.41. The summed E-state index contributed by atoms with van der Waals surface area (Å²) in [6.07, 6.45) is 3.78. The van der Waals surface area contributed by atoms with Gasteiger partial charge in [-0.15, -0.1) is 0 Å². The van der Waals surface area contributed by atoms with Crippen molar-refractivity contribution in [2.24, 2.45) is 11.8 Å². The summed E-state index contributed by atoms with van der Waals surface area (Å²) in [5.41, 5.74) is 0. The van der Waals surface area contributed by atoms with Crippen LogP contribution in [0.4, 0.5) is 0 Å². The van der Waals surface area contributed by atoms with Gasteiger partial charge in [-0.2, -0.15) is 0 Å². The van der Waals surface area contributed by atoms with Gasteiger partial charge in [0.1, 0.15) is 0 Å². The van der Waals surface area contributed by atoms with Crippen molar-refractivity contribution in [3.8, 4) is 0 Å². The summed E-state index contributed by atoms with van der Waals surface area (Å²) in [6, 6.07) is 0. The van der Waals surface area contributed by atoms with Crippen LogP contribution in [-0.4, -0.2) is 20.5 Å². The van der Waals surface area contributed by atoms with E-state index < -0.39 is 0 Å². The second-order valence-electron chi connectivity index (χ2n) is 3.30. The van der Waals surface area contributed by atoms with Crippen LogP contribution in [0.3, 0.4) is 0 Å². The summed E-state index contributed by atoms with van der Waals surface area (Å²) >= 11 is 0. The lowest BCUT2D eigenvalue weighted by molar-refractivity contribution is -0.109. The zero-order valence-electron chi connectivity index (χ0n) is 7.67. The van der Waals surface area contributed by atoms with E-state index in [-0.39, 0.29) is 6.29 Å². The van der Waals surface area contributed by atoms with Gasteiger partial charge < -0.3 is 9.47 Å². The summed E-state index contributed by atoms with van der Waals surface area (Å²) in [4.78, 5) is 0. The minimum absolute atomic E-state index is 0.0246. The van der Waals surface area contributed by atoms with Crippen LogP contribution in [0.5, 0.6) is 0 Å². The monoisotopic (exact) mass is 158 g/mol. The SMILES string of the molecule is CCC1CC1CC(OC)OC. The maximum absolute atomic E-state index is 5.12. The van der Waals surface area contributed by atoms with Crippen molar-refractivity contribution < 1.29 is 9.47 Å². The molecule has 0 N–H and O–H groups in total. The molecule has 0 aliphatic heterocycles. The zero-order valence-corrected chi connectivity index (χ0v) is 7.67. The second kappa shape index (κ2) is 4.07. The highest BCUT2D eigenvalue weighted by Gasteiger charge is 2.36. The Labute approximate surface area is 68.9 Å². The highest BCUT2D eigenvalue weighted by atomic mass is 16.7. The Kier molecular flexibility index (Phi) is 3.34. The quantitative estimate of drug-likeness (QED) is 0.570. The number of hydrogen-bond acceptors (Lipinski definition) is 2. The van der Waals surface area contributed by atoms with Crippen LogP contribution in [0.2, 0.25) is 0 Å². The molecule has 66 valence electrons. The van der Waals surface area contributed by atoms with Gasteiger partial charge in [0.15, 0.2) is 6.29 Å². The third-order valence-corrected chi connectivity index (χ3v) is 2.61. The van der Waals surface area contributed by atoms with Crippen LogP contribution < -0.4 is 0 Å². The molecule has 0 aromatic rings. The van der Waals surface area contributed by atoms with Crippen LogP contribution in [0.25, 0.3) is 0 Å². The topological polar surface area (TPSA) is 18.5 Å². The molecule has 0 bridgehead atoms. The molecule has 0 aromatic carbocycles. The second-order valence-corrected chi connectivity index (χ2v) is 3.30. The fraction of sp³-hybridized carbons (Fsp3) is 1.00. The molecular formula is C9H18O2. The third-order valence-electron chi connectivity index (χ3n) is 2.61. The Hall–Kier alpha value is -0.0800. The van der Waals surface area contributed by atoms with Gasteiger partial charge in [0, 0.05) is 20.6 Å². The molecule has 0 spiro atoms. The van der Waals surface area contributed by atoms with E-state index in [0.717, 1.165) is 18.3 Å².